The van der Waals surface area contributed by atoms with Crippen LogP contribution in [0.3, 0.4) is 0 Å². The van der Waals surface area contributed by atoms with Crippen LogP contribution in [0.2, 0.25) is 10.0 Å². The van der Waals surface area contributed by atoms with E-state index < -0.39 is 6.10 Å². The zero-order valence-corrected chi connectivity index (χ0v) is 13.4. The summed E-state index contributed by atoms with van der Waals surface area (Å²) in [5.41, 5.74) is 0.749. The Morgan fingerprint density at radius 1 is 1.30 bits per heavy atom. The normalized spacial score (nSPS) is 13.3. The first kappa shape index (κ1) is 17.5. The van der Waals surface area contributed by atoms with E-state index in [1.807, 2.05) is 0 Å². The molecule has 114 valence electrons. The molecule has 0 amide bonds. The summed E-state index contributed by atoms with van der Waals surface area (Å²) in [6.07, 6.45) is -0.940. The van der Waals surface area contributed by atoms with E-state index in [9.17, 15) is 5.11 Å². The Morgan fingerprint density at radius 3 is 2.50 bits per heavy atom. The Bertz CT molecular complexity index is 447. The number of halogens is 2. The molecule has 20 heavy (non-hydrogen) atoms. The zero-order valence-electron chi connectivity index (χ0n) is 11.9. The second kappa shape index (κ2) is 7.48. The predicted molar refractivity (Wildman–Crippen MR) is 81.6 cm³/mol. The molecule has 1 aromatic rings. The third-order valence-electron chi connectivity index (χ3n) is 2.53. The Kier molecular flexibility index (Phi) is 6.55. The van der Waals surface area contributed by atoms with Gasteiger partial charge in [0.05, 0.1) is 11.6 Å². The van der Waals surface area contributed by atoms with Gasteiger partial charge in [0.25, 0.3) is 0 Å². The molecular formula is C14H21Cl2NO3. The number of aliphatic hydroxyl groups excluding tert-OH is 2. The van der Waals surface area contributed by atoms with Gasteiger partial charge in [-0.25, -0.2) is 0 Å². The molecule has 0 spiro atoms. The summed E-state index contributed by atoms with van der Waals surface area (Å²) in [7, 11) is 0. The van der Waals surface area contributed by atoms with E-state index in [0.29, 0.717) is 22.3 Å². The first-order valence-corrected chi connectivity index (χ1v) is 7.13. The summed E-state index contributed by atoms with van der Waals surface area (Å²) in [4.78, 5) is 0. The van der Waals surface area contributed by atoms with E-state index in [1.165, 1.54) is 0 Å². The van der Waals surface area contributed by atoms with E-state index in [-0.39, 0.29) is 18.8 Å². The fraction of sp³-hybridized carbons (Fsp3) is 0.571. The number of hydrogen-bond donors (Lipinski definition) is 3. The van der Waals surface area contributed by atoms with Gasteiger partial charge in [0.15, 0.2) is 0 Å². The minimum atomic E-state index is -0.940. The third-order valence-corrected chi connectivity index (χ3v) is 3.02. The van der Waals surface area contributed by atoms with Crippen molar-refractivity contribution in [3.05, 3.63) is 27.7 Å². The summed E-state index contributed by atoms with van der Waals surface area (Å²) in [6.45, 7) is 6.30. The Balaban J connectivity index is 2.89. The highest BCUT2D eigenvalue weighted by atomic mass is 35.5. The SMILES string of the molecule is CC(C)(C)NCc1cc(Cl)cc(Cl)c1OCC(O)CO. The van der Waals surface area contributed by atoms with E-state index in [1.54, 1.807) is 12.1 Å². The van der Waals surface area contributed by atoms with E-state index in [0.717, 1.165) is 5.56 Å². The van der Waals surface area contributed by atoms with Crippen LogP contribution in [-0.2, 0) is 6.54 Å². The first-order chi connectivity index (χ1) is 9.23. The van der Waals surface area contributed by atoms with Crippen LogP contribution >= 0.6 is 23.2 Å². The molecular weight excluding hydrogens is 301 g/mol. The molecule has 1 rings (SSSR count). The summed E-state index contributed by atoms with van der Waals surface area (Å²) >= 11 is 12.1. The number of benzene rings is 1. The average molecular weight is 322 g/mol. The number of nitrogens with one attached hydrogen (secondary N) is 1. The van der Waals surface area contributed by atoms with Crippen LogP contribution in [0.25, 0.3) is 0 Å². The van der Waals surface area contributed by atoms with Crippen molar-refractivity contribution in [3.63, 3.8) is 0 Å². The number of rotatable bonds is 6. The minimum absolute atomic E-state index is 0.0274. The van der Waals surface area contributed by atoms with Gasteiger partial charge in [-0.2, -0.15) is 0 Å². The quantitative estimate of drug-likeness (QED) is 0.753. The van der Waals surface area contributed by atoms with Crippen molar-refractivity contribution >= 4 is 23.2 Å². The van der Waals surface area contributed by atoms with Gasteiger partial charge < -0.3 is 20.3 Å². The van der Waals surface area contributed by atoms with Crippen LogP contribution in [0.4, 0.5) is 0 Å². The highest BCUT2D eigenvalue weighted by Gasteiger charge is 2.15. The third kappa shape index (κ3) is 5.85. The van der Waals surface area contributed by atoms with E-state index in [2.05, 4.69) is 26.1 Å². The van der Waals surface area contributed by atoms with Crippen molar-refractivity contribution < 1.29 is 14.9 Å². The molecule has 0 saturated heterocycles. The van der Waals surface area contributed by atoms with Gasteiger partial charge in [0.1, 0.15) is 18.5 Å². The molecule has 0 saturated carbocycles. The van der Waals surface area contributed by atoms with Crippen molar-refractivity contribution in [2.45, 2.75) is 39.0 Å². The average Bonchev–Trinajstić information content (AvgIpc) is 2.33. The van der Waals surface area contributed by atoms with Gasteiger partial charge in [-0.05, 0) is 32.9 Å². The van der Waals surface area contributed by atoms with E-state index in [4.69, 9.17) is 33.0 Å². The molecule has 0 radical (unpaired) electrons. The molecule has 1 unspecified atom stereocenters. The zero-order chi connectivity index (χ0) is 15.3. The van der Waals surface area contributed by atoms with Crippen LogP contribution < -0.4 is 10.1 Å². The predicted octanol–water partition coefficient (Wildman–Crippen LogP) is 2.61. The smallest absolute Gasteiger partial charge is 0.142 e. The summed E-state index contributed by atoms with van der Waals surface area (Å²) in [6, 6.07) is 3.36. The Labute approximate surface area is 129 Å². The fourth-order valence-electron chi connectivity index (χ4n) is 1.50. The molecule has 6 heteroatoms. The lowest BCUT2D eigenvalue weighted by Crippen LogP contribution is -2.35. The maximum Gasteiger partial charge on any atom is 0.142 e. The van der Waals surface area contributed by atoms with Gasteiger partial charge >= 0.3 is 0 Å². The highest BCUT2D eigenvalue weighted by molar-refractivity contribution is 6.35. The standard InChI is InChI=1S/C14H21Cl2NO3/c1-14(2,3)17-6-9-4-10(15)5-12(16)13(9)20-8-11(19)7-18/h4-5,11,17-19H,6-8H2,1-3H3. The molecule has 1 aromatic carbocycles. The van der Waals surface area contributed by atoms with Gasteiger partial charge in [0.2, 0.25) is 0 Å². The first-order valence-electron chi connectivity index (χ1n) is 6.37. The number of aliphatic hydroxyl groups is 2. The molecule has 0 bridgehead atoms. The van der Waals surface area contributed by atoms with Crippen LogP contribution in [0.5, 0.6) is 5.75 Å². The lowest BCUT2D eigenvalue weighted by Gasteiger charge is -2.22. The van der Waals surface area contributed by atoms with Crippen molar-refractivity contribution in [1.82, 2.24) is 5.32 Å². The minimum Gasteiger partial charge on any atom is -0.489 e. The van der Waals surface area contributed by atoms with Crippen molar-refractivity contribution in [1.29, 1.82) is 0 Å². The number of ether oxygens (including phenoxy) is 1. The van der Waals surface area contributed by atoms with Crippen LogP contribution in [0, 0.1) is 0 Å². The molecule has 0 aliphatic rings. The second-order valence-electron chi connectivity index (χ2n) is 5.63. The molecule has 4 nitrogen and oxygen atoms in total. The van der Waals surface area contributed by atoms with Gasteiger partial charge in [-0.1, -0.05) is 23.2 Å². The molecule has 0 heterocycles. The fourth-order valence-corrected chi connectivity index (χ4v) is 2.09. The summed E-state index contributed by atoms with van der Waals surface area (Å²) in [5, 5.41) is 22.4. The highest BCUT2D eigenvalue weighted by Crippen LogP contribution is 2.32. The molecule has 3 N–H and O–H groups in total. The number of hydrogen-bond acceptors (Lipinski definition) is 4. The maximum atomic E-state index is 9.35. The second-order valence-corrected chi connectivity index (χ2v) is 6.47. The van der Waals surface area contributed by atoms with Crippen molar-refractivity contribution in [2.24, 2.45) is 0 Å². The largest absolute Gasteiger partial charge is 0.489 e. The molecule has 0 fully saturated rings. The Hall–Kier alpha value is -0.520. The van der Waals surface area contributed by atoms with Crippen LogP contribution in [0.1, 0.15) is 26.3 Å². The maximum absolute atomic E-state index is 9.35. The van der Waals surface area contributed by atoms with Gasteiger partial charge in [-0.15, -0.1) is 0 Å². The molecule has 0 aliphatic carbocycles. The Morgan fingerprint density at radius 2 is 1.95 bits per heavy atom. The summed E-state index contributed by atoms with van der Waals surface area (Å²) in [5.74, 6) is 0.473. The van der Waals surface area contributed by atoms with Crippen molar-refractivity contribution in [3.8, 4) is 5.75 Å². The monoisotopic (exact) mass is 321 g/mol. The molecule has 0 aromatic heterocycles. The lowest BCUT2D eigenvalue weighted by molar-refractivity contribution is 0.0533. The van der Waals surface area contributed by atoms with Gasteiger partial charge in [0, 0.05) is 22.7 Å². The molecule has 0 aliphatic heterocycles. The topological polar surface area (TPSA) is 61.7 Å². The van der Waals surface area contributed by atoms with Crippen LogP contribution in [0.15, 0.2) is 12.1 Å². The van der Waals surface area contributed by atoms with E-state index >= 15 is 0 Å². The van der Waals surface area contributed by atoms with Gasteiger partial charge in [-0.3, -0.25) is 0 Å². The van der Waals surface area contributed by atoms with Crippen LogP contribution in [-0.4, -0.2) is 35.1 Å². The summed E-state index contributed by atoms with van der Waals surface area (Å²) < 4.78 is 5.50. The molecule has 1 atom stereocenters. The van der Waals surface area contributed by atoms with Crippen molar-refractivity contribution in [2.75, 3.05) is 13.2 Å². The lowest BCUT2D eigenvalue weighted by atomic mass is 10.1.